The number of aryl methyl sites for hydroxylation is 1. The number of nitrogens with zero attached hydrogens (tertiary/aromatic N) is 1. The van der Waals surface area contributed by atoms with Crippen LogP contribution in [0, 0.1) is 6.92 Å². The summed E-state index contributed by atoms with van der Waals surface area (Å²) in [4.78, 5) is 17.0. The minimum atomic E-state index is -0.0432. The molecule has 4 aromatic rings. The van der Waals surface area contributed by atoms with Crippen LogP contribution < -0.4 is 5.32 Å². The Morgan fingerprint density at radius 2 is 1.69 bits per heavy atom. The fourth-order valence-electron chi connectivity index (χ4n) is 2.87. The van der Waals surface area contributed by atoms with Crippen LogP contribution in [0.2, 0.25) is 0 Å². The van der Waals surface area contributed by atoms with Gasteiger partial charge in [0.15, 0.2) is 0 Å². The van der Waals surface area contributed by atoms with Crippen LogP contribution in [-0.2, 0) is 6.54 Å². The van der Waals surface area contributed by atoms with Crippen LogP contribution >= 0.6 is 11.3 Å². The van der Waals surface area contributed by atoms with Crippen LogP contribution in [0.5, 0.6) is 0 Å². The van der Waals surface area contributed by atoms with E-state index in [1.54, 1.807) is 11.3 Å². The molecule has 0 radical (unpaired) electrons. The van der Waals surface area contributed by atoms with Gasteiger partial charge in [0, 0.05) is 17.7 Å². The number of carbonyl (C=O) groups is 1. The van der Waals surface area contributed by atoms with Crippen LogP contribution in [0.1, 0.15) is 21.5 Å². The van der Waals surface area contributed by atoms with E-state index in [0.717, 1.165) is 32.8 Å². The van der Waals surface area contributed by atoms with E-state index in [1.165, 1.54) is 4.70 Å². The standard InChI is InChI=1S/C22H18N2OS/c1-15-6-2-3-7-18(15)21(25)23-14-16-10-12-17(13-11-16)22-24-19-8-4-5-9-20(19)26-22/h2-13H,14H2,1H3,(H,23,25). The number of carbonyl (C=O) groups excluding carboxylic acids is 1. The fraction of sp³-hybridized carbons (Fsp3) is 0.0909. The smallest absolute Gasteiger partial charge is 0.251 e. The first-order chi connectivity index (χ1) is 12.7. The molecular weight excluding hydrogens is 340 g/mol. The maximum absolute atomic E-state index is 12.3. The van der Waals surface area contributed by atoms with E-state index < -0.39 is 0 Å². The number of thiazole rings is 1. The lowest BCUT2D eigenvalue weighted by Gasteiger charge is -2.08. The molecule has 0 unspecified atom stereocenters. The van der Waals surface area contributed by atoms with E-state index in [9.17, 15) is 4.79 Å². The van der Waals surface area contributed by atoms with E-state index in [4.69, 9.17) is 0 Å². The molecule has 0 aliphatic rings. The van der Waals surface area contributed by atoms with Gasteiger partial charge in [0.2, 0.25) is 0 Å². The number of benzene rings is 3. The van der Waals surface area contributed by atoms with Crippen molar-refractivity contribution in [2.75, 3.05) is 0 Å². The average Bonchev–Trinajstić information content (AvgIpc) is 3.11. The molecule has 0 saturated heterocycles. The van der Waals surface area contributed by atoms with Crippen molar-refractivity contribution < 1.29 is 4.79 Å². The molecule has 1 aromatic heterocycles. The molecule has 0 saturated carbocycles. The Bertz CT molecular complexity index is 1030. The van der Waals surface area contributed by atoms with Crippen LogP contribution in [0.25, 0.3) is 20.8 Å². The molecular formula is C22H18N2OS. The molecule has 3 aromatic carbocycles. The van der Waals surface area contributed by atoms with Gasteiger partial charge in [-0.3, -0.25) is 4.79 Å². The van der Waals surface area contributed by atoms with Crippen molar-refractivity contribution in [2.45, 2.75) is 13.5 Å². The van der Waals surface area contributed by atoms with E-state index in [0.29, 0.717) is 6.54 Å². The van der Waals surface area contributed by atoms with E-state index >= 15 is 0 Å². The van der Waals surface area contributed by atoms with Crippen molar-refractivity contribution in [1.82, 2.24) is 10.3 Å². The average molecular weight is 358 g/mol. The molecule has 1 heterocycles. The third-order valence-corrected chi connectivity index (χ3v) is 5.42. The highest BCUT2D eigenvalue weighted by Gasteiger charge is 2.09. The molecule has 26 heavy (non-hydrogen) atoms. The summed E-state index contributed by atoms with van der Waals surface area (Å²) in [5.41, 5.74) is 4.90. The van der Waals surface area contributed by atoms with Gasteiger partial charge in [-0.15, -0.1) is 11.3 Å². The molecule has 1 N–H and O–H groups in total. The molecule has 0 aliphatic carbocycles. The summed E-state index contributed by atoms with van der Waals surface area (Å²) >= 11 is 1.69. The highest BCUT2D eigenvalue weighted by molar-refractivity contribution is 7.21. The van der Waals surface area contributed by atoms with E-state index in [1.807, 2.05) is 61.5 Å². The van der Waals surface area contributed by atoms with Crippen LogP contribution in [0.15, 0.2) is 72.8 Å². The third kappa shape index (κ3) is 3.37. The van der Waals surface area contributed by atoms with Crippen LogP contribution in [0.4, 0.5) is 0 Å². The predicted molar refractivity (Wildman–Crippen MR) is 107 cm³/mol. The molecule has 0 fully saturated rings. The molecule has 3 nitrogen and oxygen atoms in total. The third-order valence-electron chi connectivity index (χ3n) is 4.34. The SMILES string of the molecule is Cc1ccccc1C(=O)NCc1ccc(-c2nc3ccccc3s2)cc1. The topological polar surface area (TPSA) is 42.0 Å². The first-order valence-corrected chi connectivity index (χ1v) is 9.31. The van der Waals surface area contributed by atoms with Crippen molar-refractivity contribution in [3.8, 4) is 10.6 Å². The number of para-hydroxylation sites is 1. The Balaban J connectivity index is 1.46. The molecule has 4 heteroatoms. The second-order valence-electron chi connectivity index (χ2n) is 6.18. The largest absolute Gasteiger partial charge is 0.348 e. The minimum Gasteiger partial charge on any atom is -0.348 e. The molecule has 0 atom stereocenters. The summed E-state index contributed by atoms with van der Waals surface area (Å²) < 4.78 is 1.19. The second kappa shape index (κ2) is 7.10. The molecule has 0 bridgehead atoms. The normalized spacial score (nSPS) is 10.8. The van der Waals surface area contributed by atoms with E-state index in [-0.39, 0.29) is 5.91 Å². The summed E-state index contributed by atoms with van der Waals surface area (Å²) in [5.74, 6) is -0.0432. The van der Waals surface area contributed by atoms with Gasteiger partial charge >= 0.3 is 0 Å². The number of hydrogen-bond donors (Lipinski definition) is 1. The van der Waals surface area contributed by atoms with Crippen LogP contribution in [0.3, 0.4) is 0 Å². The van der Waals surface area contributed by atoms with Gasteiger partial charge < -0.3 is 5.32 Å². The first-order valence-electron chi connectivity index (χ1n) is 8.49. The van der Waals surface area contributed by atoms with Gasteiger partial charge in [0.1, 0.15) is 5.01 Å². The number of fused-ring (bicyclic) bond motifs is 1. The summed E-state index contributed by atoms with van der Waals surface area (Å²) in [6.07, 6.45) is 0. The number of aromatic nitrogens is 1. The maximum atomic E-state index is 12.3. The highest BCUT2D eigenvalue weighted by Crippen LogP contribution is 2.29. The monoisotopic (exact) mass is 358 g/mol. The van der Waals surface area contributed by atoms with Gasteiger partial charge in [-0.05, 0) is 36.2 Å². The molecule has 4 rings (SSSR count). The lowest BCUT2D eigenvalue weighted by Crippen LogP contribution is -2.23. The van der Waals surface area contributed by atoms with Crippen molar-refractivity contribution in [3.63, 3.8) is 0 Å². The van der Waals surface area contributed by atoms with Crippen molar-refractivity contribution >= 4 is 27.5 Å². The fourth-order valence-corrected chi connectivity index (χ4v) is 3.84. The summed E-state index contributed by atoms with van der Waals surface area (Å²) in [6.45, 7) is 2.45. The first kappa shape index (κ1) is 16.5. The second-order valence-corrected chi connectivity index (χ2v) is 7.21. The van der Waals surface area contributed by atoms with Gasteiger partial charge in [-0.25, -0.2) is 4.98 Å². The lowest BCUT2D eigenvalue weighted by atomic mass is 10.1. The zero-order valence-corrected chi connectivity index (χ0v) is 15.2. The van der Waals surface area contributed by atoms with Crippen molar-refractivity contribution in [2.24, 2.45) is 0 Å². The Morgan fingerprint density at radius 3 is 2.46 bits per heavy atom. The Labute approximate surface area is 156 Å². The molecule has 128 valence electrons. The predicted octanol–water partition coefficient (Wildman–Crippen LogP) is 5.20. The lowest BCUT2D eigenvalue weighted by molar-refractivity contribution is 0.0950. The molecule has 0 aliphatic heterocycles. The molecule has 0 spiro atoms. The number of amides is 1. The Morgan fingerprint density at radius 1 is 0.962 bits per heavy atom. The minimum absolute atomic E-state index is 0.0432. The maximum Gasteiger partial charge on any atom is 0.251 e. The van der Waals surface area contributed by atoms with Crippen LogP contribution in [-0.4, -0.2) is 10.9 Å². The van der Waals surface area contributed by atoms with Crippen molar-refractivity contribution in [1.29, 1.82) is 0 Å². The Kier molecular flexibility index (Phi) is 4.50. The van der Waals surface area contributed by atoms with Gasteiger partial charge in [0.25, 0.3) is 5.91 Å². The molecule has 1 amide bonds. The van der Waals surface area contributed by atoms with Crippen molar-refractivity contribution in [3.05, 3.63) is 89.5 Å². The van der Waals surface area contributed by atoms with E-state index in [2.05, 4.69) is 28.5 Å². The zero-order valence-electron chi connectivity index (χ0n) is 14.4. The summed E-state index contributed by atoms with van der Waals surface area (Å²) in [7, 11) is 0. The summed E-state index contributed by atoms with van der Waals surface area (Å²) in [6, 6.07) is 24.0. The summed E-state index contributed by atoms with van der Waals surface area (Å²) in [5, 5.41) is 4.00. The quantitative estimate of drug-likeness (QED) is 0.545. The number of nitrogens with one attached hydrogen (secondary N) is 1. The number of hydrogen-bond acceptors (Lipinski definition) is 3. The zero-order chi connectivity index (χ0) is 17.9. The highest BCUT2D eigenvalue weighted by atomic mass is 32.1. The number of rotatable bonds is 4. The van der Waals surface area contributed by atoms with Gasteiger partial charge in [-0.2, -0.15) is 0 Å². The Hall–Kier alpha value is -2.98. The van der Waals surface area contributed by atoms with Gasteiger partial charge in [-0.1, -0.05) is 54.6 Å². The van der Waals surface area contributed by atoms with Gasteiger partial charge in [0.05, 0.1) is 10.2 Å².